The molecule has 1 aromatic rings. The van der Waals surface area contributed by atoms with Crippen molar-refractivity contribution in [3.05, 3.63) is 18.0 Å². The number of aromatic nitrogens is 2. The largest absolute Gasteiger partial charge is 0.490 e. The number of halogens is 3. The second-order valence-electron chi connectivity index (χ2n) is 7.26. The normalized spacial score (nSPS) is 23.2. The number of rotatable bonds is 3. The Labute approximate surface area is 149 Å². The molecule has 1 aromatic heterocycles. The maximum absolute atomic E-state index is 10.6. The van der Waals surface area contributed by atoms with Gasteiger partial charge in [-0.05, 0) is 26.0 Å². The number of carboxylic acids is 1. The Kier molecular flexibility index (Phi) is 5.27. The van der Waals surface area contributed by atoms with Crippen LogP contribution in [0.3, 0.4) is 0 Å². The first kappa shape index (κ1) is 19.1. The van der Waals surface area contributed by atoms with Gasteiger partial charge in [0.25, 0.3) is 0 Å². The zero-order valence-electron chi connectivity index (χ0n) is 14.7. The van der Waals surface area contributed by atoms with Gasteiger partial charge in [0.15, 0.2) is 0 Å². The van der Waals surface area contributed by atoms with Gasteiger partial charge in [0.2, 0.25) is 0 Å². The lowest BCUT2D eigenvalue weighted by molar-refractivity contribution is -0.192. The van der Waals surface area contributed by atoms with Gasteiger partial charge < -0.3 is 10.4 Å². The maximum atomic E-state index is 10.6. The number of carbonyl (C=O) groups is 1. The molecule has 0 atom stereocenters. The lowest BCUT2D eigenvalue weighted by atomic mass is 10.1. The van der Waals surface area contributed by atoms with Gasteiger partial charge in [0, 0.05) is 51.0 Å². The van der Waals surface area contributed by atoms with Crippen LogP contribution in [0.25, 0.3) is 0 Å². The summed E-state index contributed by atoms with van der Waals surface area (Å²) in [5.74, 6) is -2.76. The molecule has 0 unspecified atom stereocenters. The number of nitrogens with one attached hydrogen (secondary N) is 1. The second kappa shape index (κ2) is 7.16. The van der Waals surface area contributed by atoms with Crippen LogP contribution in [0.5, 0.6) is 0 Å². The molecule has 10 heteroatoms. The molecule has 4 rings (SSSR count). The number of likely N-dealkylation sites (N-methyl/N-ethyl adjacent to an activating group) is 1. The van der Waals surface area contributed by atoms with Gasteiger partial charge in [0.1, 0.15) is 0 Å². The molecule has 146 valence electrons. The summed E-state index contributed by atoms with van der Waals surface area (Å²) in [6.07, 6.45) is -0.186. The van der Waals surface area contributed by atoms with E-state index in [-0.39, 0.29) is 0 Å². The number of alkyl halides is 3. The van der Waals surface area contributed by atoms with Crippen molar-refractivity contribution in [2.24, 2.45) is 0 Å². The van der Waals surface area contributed by atoms with Crippen molar-refractivity contribution in [2.75, 3.05) is 39.8 Å². The Morgan fingerprint density at radius 3 is 2.54 bits per heavy atom. The third-order valence-electron chi connectivity index (χ3n) is 5.33. The van der Waals surface area contributed by atoms with Gasteiger partial charge in [-0.3, -0.25) is 14.5 Å². The fourth-order valence-corrected chi connectivity index (χ4v) is 3.32. The third-order valence-corrected chi connectivity index (χ3v) is 5.33. The number of nitrogens with zero attached hydrogens (tertiary/aromatic N) is 4. The van der Waals surface area contributed by atoms with Crippen LogP contribution in [-0.2, 0) is 11.3 Å². The summed E-state index contributed by atoms with van der Waals surface area (Å²) in [5, 5.41) is 15.2. The van der Waals surface area contributed by atoms with Crippen LogP contribution >= 0.6 is 0 Å². The molecule has 1 aliphatic carbocycles. The average Bonchev–Trinajstić information content (AvgIpc) is 3.13. The number of piperazine rings is 1. The number of carboxylic acid groups (broad SMARTS) is 1. The lowest BCUT2D eigenvalue weighted by Crippen LogP contribution is -2.52. The zero-order chi connectivity index (χ0) is 18.9. The Balaban J connectivity index is 0.000000242. The van der Waals surface area contributed by atoms with E-state index in [2.05, 4.69) is 39.1 Å². The standard InChI is InChI=1S/C14H23N5.C2HF3O2/c1-17-6-7-18(11-14(17)3-4-14)10-12-2-5-19(16-12)13-8-15-9-13;3-2(4,5)1(6)7/h2,5,13,15H,3-4,6-11H2,1H3;(H,6,7). The van der Waals surface area contributed by atoms with Gasteiger partial charge in [0.05, 0.1) is 11.7 Å². The van der Waals surface area contributed by atoms with E-state index in [0.717, 1.165) is 19.6 Å². The van der Waals surface area contributed by atoms with E-state index in [1.807, 2.05) is 0 Å². The monoisotopic (exact) mass is 375 g/mol. The summed E-state index contributed by atoms with van der Waals surface area (Å²) in [6, 6.07) is 2.77. The summed E-state index contributed by atoms with van der Waals surface area (Å²) in [6.45, 7) is 6.75. The Bertz CT molecular complexity index is 640. The van der Waals surface area contributed by atoms with E-state index in [0.29, 0.717) is 11.6 Å². The molecule has 7 nitrogen and oxygen atoms in total. The molecular formula is C16H24F3N5O2. The molecule has 0 aromatic carbocycles. The molecule has 3 fully saturated rings. The van der Waals surface area contributed by atoms with E-state index >= 15 is 0 Å². The van der Waals surface area contributed by atoms with Gasteiger partial charge in [-0.1, -0.05) is 0 Å². The second-order valence-corrected chi connectivity index (χ2v) is 7.26. The van der Waals surface area contributed by atoms with E-state index < -0.39 is 12.1 Å². The van der Waals surface area contributed by atoms with Crippen LogP contribution in [0.2, 0.25) is 0 Å². The lowest BCUT2D eigenvalue weighted by Gasteiger charge is -2.39. The van der Waals surface area contributed by atoms with Gasteiger partial charge >= 0.3 is 12.1 Å². The molecule has 0 amide bonds. The summed E-state index contributed by atoms with van der Waals surface area (Å²) >= 11 is 0. The van der Waals surface area contributed by atoms with Crippen molar-refractivity contribution in [3.8, 4) is 0 Å². The smallest absolute Gasteiger partial charge is 0.475 e. The number of hydrogen-bond acceptors (Lipinski definition) is 5. The molecule has 3 heterocycles. The van der Waals surface area contributed by atoms with E-state index in [1.54, 1.807) is 0 Å². The van der Waals surface area contributed by atoms with Crippen molar-refractivity contribution in [3.63, 3.8) is 0 Å². The fraction of sp³-hybridized carbons (Fsp3) is 0.750. The highest BCUT2D eigenvalue weighted by Crippen LogP contribution is 2.43. The van der Waals surface area contributed by atoms with Crippen LogP contribution in [0, 0.1) is 0 Å². The molecule has 2 saturated heterocycles. The summed E-state index contributed by atoms with van der Waals surface area (Å²) in [5.41, 5.74) is 1.74. The first-order valence-corrected chi connectivity index (χ1v) is 8.68. The van der Waals surface area contributed by atoms with Crippen molar-refractivity contribution in [1.82, 2.24) is 24.9 Å². The first-order valence-electron chi connectivity index (χ1n) is 8.68. The van der Waals surface area contributed by atoms with Crippen LogP contribution in [-0.4, -0.2) is 82.1 Å². The van der Waals surface area contributed by atoms with Gasteiger partial charge in [-0.15, -0.1) is 0 Å². The zero-order valence-corrected chi connectivity index (χ0v) is 14.7. The molecule has 2 aliphatic heterocycles. The average molecular weight is 375 g/mol. The van der Waals surface area contributed by atoms with Crippen molar-refractivity contribution < 1.29 is 23.1 Å². The minimum absolute atomic E-state index is 0.513. The maximum Gasteiger partial charge on any atom is 0.490 e. The SMILES string of the molecule is CN1CCN(Cc2ccn(C3CNC3)n2)CC12CC2.O=C(O)C(F)(F)F. The molecule has 1 spiro atoms. The van der Waals surface area contributed by atoms with Crippen LogP contribution in [0.1, 0.15) is 24.6 Å². The molecular weight excluding hydrogens is 351 g/mol. The van der Waals surface area contributed by atoms with Gasteiger partial charge in [-0.2, -0.15) is 18.3 Å². The van der Waals surface area contributed by atoms with E-state index in [1.165, 1.54) is 38.2 Å². The molecule has 0 bridgehead atoms. The van der Waals surface area contributed by atoms with Gasteiger partial charge in [-0.25, -0.2) is 4.79 Å². The molecule has 26 heavy (non-hydrogen) atoms. The summed E-state index contributed by atoms with van der Waals surface area (Å²) in [7, 11) is 2.28. The van der Waals surface area contributed by atoms with Crippen LogP contribution in [0.15, 0.2) is 12.3 Å². The molecule has 1 saturated carbocycles. The third kappa shape index (κ3) is 4.36. The minimum atomic E-state index is -5.08. The van der Waals surface area contributed by atoms with Crippen molar-refractivity contribution in [1.29, 1.82) is 0 Å². The highest BCUT2D eigenvalue weighted by atomic mass is 19.4. The first-order chi connectivity index (χ1) is 12.2. The van der Waals surface area contributed by atoms with E-state index in [4.69, 9.17) is 15.0 Å². The molecule has 3 aliphatic rings. The summed E-state index contributed by atoms with van der Waals surface area (Å²) in [4.78, 5) is 14.0. The molecule has 0 radical (unpaired) electrons. The van der Waals surface area contributed by atoms with Crippen molar-refractivity contribution >= 4 is 5.97 Å². The predicted molar refractivity (Wildman–Crippen MR) is 87.7 cm³/mol. The molecule has 2 N–H and O–H groups in total. The minimum Gasteiger partial charge on any atom is -0.475 e. The quantitative estimate of drug-likeness (QED) is 0.819. The Hall–Kier alpha value is -1.65. The predicted octanol–water partition coefficient (Wildman–Crippen LogP) is 0.941. The van der Waals surface area contributed by atoms with Crippen LogP contribution in [0.4, 0.5) is 13.2 Å². The van der Waals surface area contributed by atoms with E-state index in [9.17, 15) is 13.2 Å². The Morgan fingerprint density at radius 2 is 2.04 bits per heavy atom. The van der Waals surface area contributed by atoms with Crippen molar-refractivity contribution in [2.45, 2.75) is 37.1 Å². The number of hydrogen-bond donors (Lipinski definition) is 2. The fourth-order valence-electron chi connectivity index (χ4n) is 3.32. The topological polar surface area (TPSA) is 73.6 Å². The van der Waals surface area contributed by atoms with Crippen LogP contribution < -0.4 is 5.32 Å². The highest BCUT2D eigenvalue weighted by molar-refractivity contribution is 5.73. The summed E-state index contributed by atoms with van der Waals surface area (Å²) < 4.78 is 33.9. The number of aliphatic carboxylic acids is 1. The Morgan fingerprint density at radius 1 is 1.38 bits per heavy atom. The highest BCUT2D eigenvalue weighted by Gasteiger charge is 2.49.